The van der Waals surface area contributed by atoms with Gasteiger partial charge in [0.15, 0.2) is 0 Å². The molecule has 0 aliphatic rings. The number of nitrogens with one attached hydrogen (secondary N) is 1. The summed E-state index contributed by atoms with van der Waals surface area (Å²) in [5.41, 5.74) is 3.02. The molecule has 0 aliphatic heterocycles. The lowest BCUT2D eigenvalue weighted by Gasteiger charge is -2.02. The van der Waals surface area contributed by atoms with E-state index in [2.05, 4.69) is 10.5 Å². The fourth-order valence-corrected chi connectivity index (χ4v) is 2.06. The van der Waals surface area contributed by atoms with Gasteiger partial charge in [-0.2, -0.15) is 5.10 Å². The summed E-state index contributed by atoms with van der Waals surface area (Å²) in [6, 6.07) is 9.60. The van der Waals surface area contributed by atoms with Gasteiger partial charge in [-0.25, -0.2) is 9.82 Å². The van der Waals surface area contributed by atoms with E-state index in [1.54, 1.807) is 13.0 Å². The molecule has 5 heteroatoms. The molecule has 1 N–H and O–H groups in total. The van der Waals surface area contributed by atoms with E-state index in [-0.39, 0.29) is 5.56 Å². The van der Waals surface area contributed by atoms with Gasteiger partial charge in [-0.3, -0.25) is 4.79 Å². The standard InChI is InChI=1S/C13H11FN2OS/c1-9(12-7-4-8-18-12)15-16-13(17)10-5-2-3-6-11(10)14/h2-8H,1H3,(H,16,17)/b15-9+. The molecule has 1 amide bonds. The van der Waals surface area contributed by atoms with Crippen molar-refractivity contribution in [3.05, 3.63) is 58.0 Å². The van der Waals surface area contributed by atoms with Gasteiger partial charge in [0.25, 0.3) is 5.91 Å². The van der Waals surface area contributed by atoms with Crippen LogP contribution < -0.4 is 5.43 Å². The lowest BCUT2D eigenvalue weighted by atomic mass is 10.2. The van der Waals surface area contributed by atoms with Crippen LogP contribution in [-0.2, 0) is 0 Å². The summed E-state index contributed by atoms with van der Waals surface area (Å²) in [6.07, 6.45) is 0. The summed E-state index contributed by atoms with van der Waals surface area (Å²) in [7, 11) is 0. The molecule has 0 unspecified atom stereocenters. The number of carbonyl (C=O) groups is 1. The van der Waals surface area contributed by atoms with Gasteiger partial charge in [0.1, 0.15) is 5.82 Å². The molecule has 18 heavy (non-hydrogen) atoms. The van der Waals surface area contributed by atoms with Crippen molar-refractivity contribution in [3.63, 3.8) is 0 Å². The van der Waals surface area contributed by atoms with Crippen molar-refractivity contribution in [2.24, 2.45) is 5.10 Å². The minimum Gasteiger partial charge on any atom is -0.267 e. The average Bonchev–Trinajstić information content (AvgIpc) is 2.90. The molecule has 1 aromatic heterocycles. The third kappa shape index (κ3) is 2.81. The van der Waals surface area contributed by atoms with Crippen LogP contribution in [-0.4, -0.2) is 11.6 Å². The fraction of sp³-hybridized carbons (Fsp3) is 0.0769. The molecule has 0 spiro atoms. The van der Waals surface area contributed by atoms with E-state index in [0.717, 1.165) is 4.88 Å². The van der Waals surface area contributed by atoms with E-state index in [1.165, 1.54) is 29.5 Å². The predicted octanol–water partition coefficient (Wildman–Crippen LogP) is 3.04. The number of hydrogen-bond acceptors (Lipinski definition) is 3. The third-order valence-corrected chi connectivity index (χ3v) is 3.30. The summed E-state index contributed by atoms with van der Waals surface area (Å²) in [4.78, 5) is 12.6. The van der Waals surface area contributed by atoms with Crippen LogP contribution in [0.2, 0.25) is 0 Å². The van der Waals surface area contributed by atoms with Crippen LogP contribution in [0.25, 0.3) is 0 Å². The van der Waals surface area contributed by atoms with Gasteiger partial charge < -0.3 is 0 Å². The minimum atomic E-state index is -0.557. The van der Waals surface area contributed by atoms with Crippen molar-refractivity contribution in [3.8, 4) is 0 Å². The number of carbonyl (C=O) groups excluding carboxylic acids is 1. The van der Waals surface area contributed by atoms with Crippen molar-refractivity contribution >= 4 is 23.0 Å². The first-order chi connectivity index (χ1) is 8.68. The van der Waals surface area contributed by atoms with Crippen LogP contribution in [0.4, 0.5) is 4.39 Å². The zero-order valence-electron chi connectivity index (χ0n) is 9.68. The quantitative estimate of drug-likeness (QED) is 0.670. The Morgan fingerprint density at radius 1 is 1.28 bits per heavy atom. The van der Waals surface area contributed by atoms with Gasteiger partial charge in [0.05, 0.1) is 11.3 Å². The van der Waals surface area contributed by atoms with Crippen LogP contribution in [0.1, 0.15) is 22.2 Å². The van der Waals surface area contributed by atoms with Crippen molar-refractivity contribution in [1.82, 2.24) is 5.43 Å². The van der Waals surface area contributed by atoms with Crippen LogP contribution >= 0.6 is 11.3 Å². The van der Waals surface area contributed by atoms with Gasteiger partial charge in [-0.05, 0) is 30.5 Å². The molecule has 0 saturated heterocycles. The van der Waals surface area contributed by atoms with Gasteiger partial charge in [-0.1, -0.05) is 18.2 Å². The smallest absolute Gasteiger partial charge is 0.267 e. The van der Waals surface area contributed by atoms with Crippen molar-refractivity contribution in [1.29, 1.82) is 0 Å². The Bertz CT molecular complexity index is 578. The molecule has 0 fully saturated rings. The van der Waals surface area contributed by atoms with Crippen molar-refractivity contribution in [2.45, 2.75) is 6.92 Å². The lowest BCUT2D eigenvalue weighted by Crippen LogP contribution is -2.20. The van der Waals surface area contributed by atoms with E-state index in [4.69, 9.17) is 0 Å². The molecule has 0 bridgehead atoms. The minimum absolute atomic E-state index is 0.0137. The van der Waals surface area contributed by atoms with Gasteiger partial charge >= 0.3 is 0 Å². The third-order valence-electron chi connectivity index (χ3n) is 2.32. The highest BCUT2D eigenvalue weighted by atomic mass is 32.1. The fourth-order valence-electron chi connectivity index (χ4n) is 1.38. The van der Waals surface area contributed by atoms with Gasteiger partial charge in [0.2, 0.25) is 0 Å². The number of amides is 1. The molecule has 0 aliphatic carbocycles. The zero-order chi connectivity index (χ0) is 13.0. The second kappa shape index (κ2) is 5.55. The summed E-state index contributed by atoms with van der Waals surface area (Å²) in [6.45, 7) is 1.79. The number of hydrogen-bond donors (Lipinski definition) is 1. The molecule has 3 nitrogen and oxygen atoms in total. The van der Waals surface area contributed by atoms with Crippen molar-refractivity contribution in [2.75, 3.05) is 0 Å². The summed E-state index contributed by atoms with van der Waals surface area (Å²) in [5.74, 6) is -1.11. The van der Waals surface area contributed by atoms with Gasteiger partial charge in [0, 0.05) is 4.88 Å². The first kappa shape index (κ1) is 12.4. The molecular formula is C13H11FN2OS. The molecule has 2 aromatic rings. The topological polar surface area (TPSA) is 41.5 Å². The SMILES string of the molecule is C/C(=N\NC(=O)c1ccccc1F)c1cccs1. The number of benzene rings is 1. The summed E-state index contributed by atoms with van der Waals surface area (Å²) < 4.78 is 13.3. The summed E-state index contributed by atoms with van der Waals surface area (Å²) in [5, 5.41) is 5.87. The predicted molar refractivity (Wildman–Crippen MR) is 70.4 cm³/mol. The van der Waals surface area contributed by atoms with E-state index >= 15 is 0 Å². The largest absolute Gasteiger partial charge is 0.274 e. The molecule has 2 rings (SSSR count). The first-order valence-electron chi connectivity index (χ1n) is 5.31. The van der Waals surface area contributed by atoms with Crippen molar-refractivity contribution < 1.29 is 9.18 Å². The molecule has 0 radical (unpaired) electrons. The molecule has 0 atom stereocenters. The summed E-state index contributed by atoms with van der Waals surface area (Å²) >= 11 is 1.53. The Morgan fingerprint density at radius 3 is 2.72 bits per heavy atom. The second-order valence-electron chi connectivity index (χ2n) is 3.60. The molecule has 92 valence electrons. The Hall–Kier alpha value is -2.01. The zero-order valence-corrected chi connectivity index (χ0v) is 10.5. The van der Waals surface area contributed by atoms with E-state index in [9.17, 15) is 9.18 Å². The van der Waals surface area contributed by atoms with Gasteiger partial charge in [-0.15, -0.1) is 11.3 Å². The number of rotatable bonds is 3. The number of hydrazone groups is 1. The number of thiophene rings is 1. The van der Waals surface area contributed by atoms with E-state index in [1.807, 2.05) is 17.5 Å². The first-order valence-corrected chi connectivity index (χ1v) is 6.19. The Balaban J connectivity index is 2.09. The van der Waals surface area contributed by atoms with E-state index in [0.29, 0.717) is 5.71 Å². The molecule has 1 heterocycles. The lowest BCUT2D eigenvalue weighted by molar-refractivity contribution is 0.0951. The monoisotopic (exact) mass is 262 g/mol. The Kier molecular flexibility index (Phi) is 3.84. The normalized spacial score (nSPS) is 11.3. The van der Waals surface area contributed by atoms with Crippen LogP contribution in [0.5, 0.6) is 0 Å². The highest BCUT2D eigenvalue weighted by Gasteiger charge is 2.09. The maximum atomic E-state index is 13.3. The molecule has 0 saturated carbocycles. The van der Waals surface area contributed by atoms with E-state index < -0.39 is 11.7 Å². The number of halogens is 1. The Morgan fingerprint density at radius 2 is 2.06 bits per heavy atom. The molecule has 1 aromatic carbocycles. The highest BCUT2D eigenvalue weighted by molar-refractivity contribution is 7.12. The average molecular weight is 262 g/mol. The number of nitrogens with zero attached hydrogens (tertiary/aromatic N) is 1. The maximum absolute atomic E-state index is 13.3. The van der Waals surface area contributed by atoms with Crippen LogP contribution in [0.3, 0.4) is 0 Å². The molecular weight excluding hydrogens is 251 g/mol. The highest BCUT2D eigenvalue weighted by Crippen LogP contribution is 2.10. The van der Waals surface area contributed by atoms with Crippen LogP contribution in [0.15, 0.2) is 46.9 Å². The Labute approximate surface area is 108 Å². The second-order valence-corrected chi connectivity index (χ2v) is 4.54. The maximum Gasteiger partial charge on any atom is 0.274 e. The van der Waals surface area contributed by atoms with Crippen LogP contribution in [0, 0.1) is 5.82 Å².